The summed E-state index contributed by atoms with van der Waals surface area (Å²) in [5.74, 6) is -0.247. The normalized spacial score (nSPS) is 10.5. The van der Waals surface area contributed by atoms with Crippen LogP contribution >= 0.6 is 23.2 Å². The van der Waals surface area contributed by atoms with Crippen LogP contribution in [0.25, 0.3) is 0 Å². The van der Waals surface area contributed by atoms with Crippen LogP contribution in [0.4, 0.5) is 5.69 Å². The second kappa shape index (κ2) is 7.51. The van der Waals surface area contributed by atoms with Crippen molar-refractivity contribution in [1.82, 2.24) is 10.2 Å². The Bertz CT molecular complexity index is 928. The van der Waals surface area contributed by atoms with Gasteiger partial charge < -0.3 is 5.32 Å². The average Bonchev–Trinajstić information content (AvgIpc) is 2.60. The molecule has 3 rings (SSSR count). The molecule has 1 heterocycles. The highest BCUT2D eigenvalue weighted by atomic mass is 35.5. The molecule has 0 bridgehead atoms. The monoisotopic (exact) mass is 373 g/mol. The molecule has 0 aliphatic rings. The van der Waals surface area contributed by atoms with E-state index in [0.29, 0.717) is 39.0 Å². The highest BCUT2D eigenvalue weighted by Gasteiger charge is 2.12. The molecule has 2 N–H and O–H groups in total. The number of aromatic nitrogens is 2. The average molecular weight is 374 g/mol. The summed E-state index contributed by atoms with van der Waals surface area (Å²) in [4.78, 5) is 23.3. The fraction of sp³-hybridized carbons (Fsp3) is 0.0556. The summed E-state index contributed by atoms with van der Waals surface area (Å²) in [6, 6.07) is 15.1. The van der Waals surface area contributed by atoms with Crippen LogP contribution in [0.3, 0.4) is 0 Å². The first-order valence-electron chi connectivity index (χ1n) is 7.42. The van der Waals surface area contributed by atoms with Crippen molar-refractivity contribution in [3.05, 3.63) is 91.8 Å². The number of rotatable bonds is 4. The van der Waals surface area contributed by atoms with E-state index in [9.17, 15) is 9.59 Å². The summed E-state index contributed by atoms with van der Waals surface area (Å²) in [6.45, 7) is 0. The molecular formula is C18H13Cl2N3O2. The Morgan fingerprint density at radius 2 is 1.72 bits per heavy atom. The van der Waals surface area contributed by atoms with Crippen LogP contribution in [0, 0.1) is 0 Å². The fourth-order valence-corrected chi connectivity index (χ4v) is 2.91. The quantitative estimate of drug-likeness (QED) is 0.727. The van der Waals surface area contributed by atoms with Gasteiger partial charge >= 0.3 is 0 Å². The highest BCUT2D eigenvalue weighted by molar-refractivity contribution is 6.36. The number of carbonyl (C=O) groups excluding carboxylic acids is 1. The molecule has 0 saturated heterocycles. The van der Waals surface area contributed by atoms with Crippen molar-refractivity contribution in [2.24, 2.45) is 0 Å². The molecular weight excluding hydrogens is 361 g/mol. The maximum absolute atomic E-state index is 12.2. The van der Waals surface area contributed by atoms with E-state index in [0.717, 1.165) is 0 Å². The topological polar surface area (TPSA) is 74.8 Å². The standard InChI is InChI=1S/C18H13Cl2N3O2/c19-15-9-13(21-18(25)11-4-2-1-3-5-11)10-16(20)14(15)8-12-6-7-17(24)23-22-12/h1-7,9-10H,8H2,(H,21,25)(H,23,24). The number of anilines is 1. The van der Waals surface area contributed by atoms with Crippen LogP contribution in [0.15, 0.2) is 59.4 Å². The summed E-state index contributed by atoms with van der Waals surface area (Å²) in [7, 11) is 0. The zero-order valence-electron chi connectivity index (χ0n) is 12.9. The summed E-state index contributed by atoms with van der Waals surface area (Å²) < 4.78 is 0. The number of amides is 1. The molecule has 25 heavy (non-hydrogen) atoms. The van der Waals surface area contributed by atoms with Crippen molar-refractivity contribution < 1.29 is 4.79 Å². The number of nitrogens with one attached hydrogen (secondary N) is 2. The molecule has 0 fully saturated rings. The van der Waals surface area contributed by atoms with Crippen molar-refractivity contribution in [3.63, 3.8) is 0 Å². The summed E-state index contributed by atoms with van der Waals surface area (Å²) in [6.07, 6.45) is 0.362. The van der Waals surface area contributed by atoms with Crippen LogP contribution in [-0.2, 0) is 6.42 Å². The molecule has 0 saturated carbocycles. The predicted octanol–water partition coefficient (Wildman–Crippen LogP) is 3.92. The summed E-state index contributed by atoms with van der Waals surface area (Å²) in [5.41, 5.74) is 2.06. The van der Waals surface area contributed by atoms with E-state index in [-0.39, 0.29) is 11.5 Å². The van der Waals surface area contributed by atoms with Gasteiger partial charge in [-0.05, 0) is 35.9 Å². The van der Waals surface area contributed by atoms with E-state index < -0.39 is 0 Å². The SMILES string of the molecule is O=C(Nc1cc(Cl)c(Cc2ccc(=O)[nH]n2)c(Cl)c1)c1ccccc1. The third-order valence-electron chi connectivity index (χ3n) is 3.53. The van der Waals surface area contributed by atoms with Crippen LogP contribution in [0.1, 0.15) is 21.6 Å². The van der Waals surface area contributed by atoms with Gasteiger partial charge in [-0.2, -0.15) is 5.10 Å². The number of H-pyrrole nitrogens is 1. The molecule has 0 aliphatic carbocycles. The number of benzene rings is 2. The molecule has 3 aromatic rings. The van der Waals surface area contributed by atoms with E-state index in [2.05, 4.69) is 15.5 Å². The van der Waals surface area contributed by atoms with Gasteiger partial charge in [-0.1, -0.05) is 41.4 Å². The molecule has 0 aliphatic heterocycles. The maximum Gasteiger partial charge on any atom is 0.264 e. The van der Waals surface area contributed by atoms with Gasteiger partial charge in [0.25, 0.3) is 11.5 Å². The Kier molecular flexibility index (Phi) is 5.16. The van der Waals surface area contributed by atoms with E-state index in [1.165, 1.54) is 6.07 Å². The number of aromatic amines is 1. The number of carbonyl (C=O) groups is 1. The smallest absolute Gasteiger partial charge is 0.264 e. The van der Waals surface area contributed by atoms with Crippen molar-refractivity contribution in [2.45, 2.75) is 6.42 Å². The molecule has 126 valence electrons. The number of hydrogen-bond acceptors (Lipinski definition) is 3. The van der Waals surface area contributed by atoms with E-state index >= 15 is 0 Å². The van der Waals surface area contributed by atoms with Crippen molar-refractivity contribution >= 4 is 34.8 Å². The Morgan fingerprint density at radius 3 is 2.32 bits per heavy atom. The van der Waals surface area contributed by atoms with Crippen molar-refractivity contribution in [1.29, 1.82) is 0 Å². The van der Waals surface area contributed by atoms with Gasteiger partial charge in [0.2, 0.25) is 0 Å². The van der Waals surface area contributed by atoms with Gasteiger partial charge in [-0.15, -0.1) is 0 Å². The number of hydrogen-bond donors (Lipinski definition) is 2. The number of halogens is 2. The van der Waals surface area contributed by atoms with Gasteiger partial charge in [0.15, 0.2) is 0 Å². The lowest BCUT2D eigenvalue weighted by molar-refractivity contribution is 0.102. The molecule has 1 amide bonds. The minimum absolute atomic E-state index is 0.247. The van der Waals surface area contributed by atoms with Crippen molar-refractivity contribution in [2.75, 3.05) is 5.32 Å². The Morgan fingerprint density at radius 1 is 1.04 bits per heavy atom. The maximum atomic E-state index is 12.2. The van der Waals surface area contributed by atoms with E-state index in [1.807, 2.05) is 6.07 Å². The van der Waals surface area contributed by atoms with Gasteiger partial charge in [0.05, 0.1) is 5.69 Å². The Hall–Kier alpha value is -2.63. The Balaban J connectivity index is 1.81. The second-order valence-electron chi connectivity index (χ2n) is 5.33. The lowest BCUT2D eigenvalue weighted by atomic mass is 10.1. The molecule has 1 aromatic heterocycles. The first-order chi connectivity index (χ1) is 12.0. The molecule has 0 spiro atoms. The summed E-state index contributed by atoms with van der Waals surface area (Å²) in [5, 5.41) is 9.89. The molecule has 0 radical (unpaired) electrons. The minimum Gasteiger partial charge on any atom is -0.322 e. The van der Waals surface area contributed by atoms with Crippen LogP contribution < -0.4 is 10.9 Å². The molecule has 2 aromatic carbocycles. The van der Waals surface area contributed by atoms with Crippen LogP contribution in [0.2, 0.25) is 10.0 Å². The zero-order valence-corrected chi connectivity index (χ0v) is 14.4. The predicted molar refractivity (Wildman–Crippen MR) is 98.5 cm³/mol. The first-order valence-corrected chi connectivity index (χ1v) is 8.17. The van der Waals surface area contributed by atoms with E-state index in [1.54, 1.807) is 42.5 Å². The third kappa shape index (κ3) is 4.26. The molecule has 0 atom stereocenters. The molecule has 0 unspecified atom stereocenters. The van der Waals surface area contributed by atoms with E-state index in [4.69, 9.17) is 23.2 Å². The first kappa shape index (κ1) is 17.2. The largest absolute Gasteiger partial charge is 0.322 e. The van der Waals surface area contributed by atoms with Crippen LogP contribution in [-0.4, -0.2) is 16.1 Å². The second-order valence-corrected chi connectivity index (χ2v) is 6.14. The molecule has 7 heteroatoms. The lowest BCUT2D eigenvalue weighted by Gasteiger charge is -2.11. The minimum atomic E-state index is -0.278. The zero-order chi connectivity index (χ0) is 17.8. The van der Waals surface area contributed by atoms with Gasteiger partial charge in [-0.3, -0.25) is 9.59 Å². The molecule has 5 nitrogen and oxygen atoms in total. The van der Waals surface area contributed by atoms with Gasteiger partial charge in [0.1, 0.15) is 0 Å². The van der Waals surface area contributed by atoms with Crippen molar-refractivity contribution in [3.8, 4) is 0 Å². The Labute approximate surface area is 153 Å². The number of nitrogens with zero attached hydrogens (tertiary/aromatic N) is 1. The summed E-state index contributed by atoms with van der Waals surface area (Å²) >= 11 is 12.6. The third-order valence-corrected chi connectivity index (χ3v) is 4.20. The van der Waals surface area contributed by atoms with Gasteiger partial charge in [-0.25, -0.2) is 5.10 Å². The fourth-order valence-electron chi connectivity index (χ4n) is 2.29. The highest BCUT2D eigenvalue weighted by Crippen LogP contribution is 2.30. The van der Waals surface area contributed by atoms with Crippen LogP contribution in [0.5, 0.6) is 0 Å². The lowest BCUT2D eigenvalue weighted by Crippen LogP contribution is -2.12. The van der Waals surface area contributed by atoms with Gasteiger partial charge in [0, 0.05) is 33.8 Å².